The van der Waals surface area contributed by atoms with Gasteiger partial charge in [-0.15, -0.1) is 10.2 Å². The van der Waals surface area contributed by atoms with Crippen LogP contribution in [-0.2, 0) is 10.5 Å². The number of aromatic nitrogens is 2. The van der Waals surface area contributed by atoms with Crippen LogP contribution in [0.2, 0.25) is 0 Å². The Bertz CT molecular complexity index is 847. The molecule has 0 saturated carbocycles. The first-order valence-corrected chi connectivity index (χ1v) is 10.3. The summed E-state index contributed by atoms with van der Waals surface area (Å²) in [5.74, 6) is 0.624. The summed E-state index contributed by atoms with van der Waals surface area (Å²) < 4.78 is 0.855. The van der Waals surface area contributed by atoms with Crippen LogP contribution in [0.3, 0.4) is 0 Å². The van der Waals surface area contributed by atoms with E-state index in [4.69, 9.17) is 0 Å². The van der Waals surface area contributed by atoms with Crippen molar-refractivity contribution >= 4 is 34.1 Å². The molecule has 2 aromatic carbocycles. The summed E-state index contributed by atoms with van der Waals surface area (Å²) in [7, 11) is 0. The van der Waals surface area contributed by atoms with Gasteiger partial charge in [0.05, 0.1) is 5.92 Å². The fourth-order valence-electron chi connectivity index (χ4n) is 2.60. The van der Waals surface area contributed by atoms with Gasteiger partial charge in [0.25, 0.3) is 0 Å². The van der Waals surface area contributed by atoms with E-state index in [2.05, 4.69) is 46.7 Å². The second-order valence-electron chi connectivity index (χ2n) is 6.01. The van der Waals surface area contributed by atoms with E-state index >= 15 is 0 Å². The minimum atomic E-state index is -0.177. The molecule has 1 N–H and O–H groups in total. The van der Waals surface area contributed by atoms with Gasteiger partial charge in [-0.3, -0.25) is 10.1 Å². The molecule has 134 valence electrons. The summed E-state index contributed by atoms with van der Waals surface area (Å²) in [6.07, 6.45) is 0.740. The lowest BCUT2D eigenvalue weighted by atomic mass is 9.96. The number of carbonyl (C=O) groups is 1. The summed E-state index contributed by atoms with van der Waals surface area (Å²) in [6, 6.07) is 18.3. The normalized spacial score (nSPS) is 11.9. The van der Waals surface area contributed by atoms with Crippen LogP contribution in [0.1, 0.15) is 36.0 Å². The summed E-state index contributed by atoms with van der Waals surface area (Å²) >= 11 is 3.05. The molecule has 0 saturated heterocycles. The number of carbonyl (C=O) groups excluding carboxylic acids is 1. The van der Waals surface area contributed by atoms with Crippen LogP contribution >= 0.6 is 23.1 Å². The number of hydrogen-bond acceptors (Lipinski definition) is 5. The van der Waals surface area contributed by atoms with Crippen LogP contribution in [0.4, 0.5) is 5.13 Å². The van der Waals surface area contributed by atoms with Gasteiger partial charge >= 0.3 is 0 Å². The fourth-order valence-corrected chi connectivity index (χ4v) is 4.31. The Morgan fingerprint density at radius 3 is 2.54 bits per heavy atom. The topological polar surface area (TPSA) is 54.9 Å². The van der Waals surface area contributed by atoms with E-state index in [0.717, 1.165) is 22.1 Å². The van der Waals surface area contributed by atoms with E-state index in [1.54, 1.807) is 11.8 Å². The van der Waals surface area contributed by atoms with Gasteiger partial charge in [-0.2, -0.15) is 0 Å². The maximum absolute atomic E-state index is 12.6. The van der Waals surface area contributed by atoms with Gasteiger partial charge in [0.15, 0.2) is 4.34 Å². The maximum Gasteiger partial charge on any atom is 0.233 e. The molecule has 1 atom stereocenters. The lowest BCUT2D eigenvalue weighted by Gasteiger charge is -2.13. The zero-order valence-electron chi connectivity index (χ0n) is 14.8. The Morgan fingerprint density at radius 1 is 1.12 bits per heavy atom. The van der Waals surface area contributed by atoms with Gasteiger partial charge in [0, 0.05) is 5.75 Å². The van der Waals surface area contributed by atoms with Crippen molar-refractivity contribution in [1.29, 1.82) is 0 Å². The molecule has 0 unspecified atom stereocenters. The number of aryl methyl sites for hydroxylation is 1. The molecule has 1 aromatic heterocycles. The van der Waals surface area contributed by atoms with Gasteiger partial charge in [-0.25, -0.2) is 0 Å². The van der Waals surface area contributed by atoms with E-state index in [9.17, 15) is 4.79 Å². The molecule has 3 aromatic rings. The molecule has 1 amide bonds. The number of amides is 1. The Labute approximate surface area is 162 Å². The predicted molar refractivity (Wildman–Crippen MR) is 109 cm³/mol. The van der Waals surface area contributed by atoms with E-state index in [-0.39, 0.29) is 11.8 Å². The van der Waals surface area contributed by atoms with Crippen molar-refractivity contribution in [1.82, 2.24) is 10.2 Å². The zero-order chi connectivity index (χ0) is 18.4. The Hall–Kier alpha value is -2.18. The van der Waals surface area contributed by atoms with Crippen molar-refractivity contribution in [3.63, 3.8) is 0 Å². The minimum absolute atomic E-state index is 0.0371. The number of hydrogen-bond donors (Lipinski definition) is 1. The highest BCUT2D eigenvalue weighted by molar-refractivity contribution is 8.00. The molecule has 0 aliphatic carbocycles. The lowest BCUT2D eigenvalue weighted by molar-refractivity contribution is -0.117. The molecule has 0 aliphatic rings. The maximum atomic E-state index is 12.6. The highest BCUT2D eigenvalue weighted by Crippen LogP contribution is 2.29. The third kappa shape index (κ3) is 4.93. The zero-order valence-corrected chi connectivity index (χ0v) is 16.4. The van der Waals surface area contributed by atoms with Crippen molar-refractivity contribution in [2.24, 2.45) is 0 Å². The predicted octanol–water partition coefficient (Wildman–Crippen LogP) is 5.27. The van der Waals surface area contributed by atoms with Gasteiger partial charge in [-0.1, -0.05) is 90.2 Å². The standard InChI is InChI=1S/C20H21N3OS2/c1-3-17(16-7-5-4-6-8-16)18(24)21-19-22-23-20(26-19)25-13-15-11-9-14(2)10-12-15/h4-12,17H,3,13H2,1-2H3,(H,21,22,24)/t17-/m1/s1. The van der Waals surface area contributed by atoms with Crippen molar-refractivity contribution in [2.45, 2.75) is 36.3 Å². The second-order valence-corrected chi connectivity index (χ2v) is 8.21. The van der Waals surface area contributed by atoms with E-state index < -0.39 is 0 Å². The first-order chi connectivity index (χ1) is 12.7. The number of rotatable bonds is 7. The first-order valence-electron chi connectivity index (χ1n) is 8.53. The Balaban J connectivity index is 1.59. The van der Waals surface area contributed by atoms with Crippen LogP contribution in [-0.4, -0.2) is 16.1 Å². The van der Waals surface area contributed by atoms with Crippen LogP contribution < -0.4 is 5.32 Å². The summed E-state index contributed by atoms with van der Waals surface area (Å²) in [4.78, 5) is 12.6. The quantitative estimate of drug-likeness (QED) is 0.446. The Kier molecular flexibility index (Phi) is 6.41. The SMILES string of the molecule is CC[C@@H](C(=O)Nc1nnc(SCc2ccc(C)cc2)s1)c1ccccc1. The number of nitrogens with one attached hydrogen (secondary N) is 1. The summed E-state index contributed by atoms with van der Waals surface area (Å²) in [6.45, 7) is 4.09. The number of nitrogens with zero attached hydrogens (tertiary/aromatic N) is 2. The van der Waals surface area contributed by atoms with Gasteiger partial charge in [0.2, 0.25) is 11.0 Å². The molecule has 1 heterocycles. The average molecular weight is 384 g/mol. The van der Waals surface area contributed by atoms with E-state index in [1.165, 1.54) is 22.5 Å². The van der Waals surface area contributed by atoms with Crippen LogP contribution in [0.25, 0.3) is 0 Å². The highest BCUT2D eigenvalue weighted by Gasteiger charge is 2.20. The van der Waals surface area contributed by atoms with Crippen molar-refractivity contribution in [2.75, 3.05) is 5.32 Å². The molecule has 0 fully saturated rings. The van der Waals surface area contributed by atoms with Crippen LogP contribution in [0, 0.1) is 6.92 Å². The van der Waals surface area contributed by atoms with E-state index in [1.807, 2.05) is 37.3 Å². The lowest BCUT2D eigenvalue weighted by Crippen LogP contribution is -2.20. The number of thioether (sulfide) groups is 1. The molecule has 26 heavy (non-hydrogen) atoms. The summed E-state index contributed by atoms with van der Waals surface area (Å²) in [5, 5.41) is 11.7. The van der Waals surface area contributed by atoms with Gasteiger partial charge in [0.1, 0.15) is 0 Å². The van der Waals surface area contributed by atoms with Gasteiger partial charge < -0.3 is 0 Å². The molecular formula is C20H21N3OS2. The van der Waals surface area contributed by atoms with E-state index in [0.29, 0.717) is 5.13 Å². The molecular weight excluding hydrogens is 362 g/mol. The molecule has 4 nitrogen and oxygen atoms in total. The molecule has 0 aliphatic heterocycles. The third-order valence-corrected chi connectivity index (χ3v) is 6.09. The fraction of sp³-hybridized carbons (Fsp3) is 0.250. The molecule has 6 heteroatoms. The average Bonchev–Trinajstić information content (AvgIpc) is 3.10. The van der Waals surface area contributed by atoms with Crippen molar-refractivity contribution in [3.05, 3.63) is 71.3 Å². The Morgan fingerprint density at radius 2 is 1.85 bits per heavy atom. The first kappa shape index (κ1) is 18.6. The third-order valence-electron chi connectivity index (χ3n) is 4.05. The van der Waals surface area contributed by atoms with Crippen molar-refractivity contribution < 1.29 is 4.79 Å². The molecule has 0 radical (unpaired) electrons. The number of benzene rings is 2. The number of anilines is 1. The molecule has 0 bridgehead atoms. The summed E-state index contributed by atoms with van der Waals surface area (Å²) in [5.41, 5.74) is 3.52. The minimum Gasteiger partial charge on any atom is -0.300 e. The molecule has 3 rings (SSSR count). The molecule has 0 spiro atoms. The largest absolute Gasteiger partial charge is 0.300 e. The van der Waals surface area contributed by atoms with Crippen LogP contribution in [0.15, 0.2) is 58.9 Å². The smallest absolute Gasteiger partial charge is 0.233 e. The monoisotopic (exact) mass is 383 g/mol. The van der Waals surface area contributed by atoms with Crippen molar-refractivity contribution in [3.8, 4) is 0 Å². The van der Waals surface area contributed by atoms with Gasteiger partial charge in [-0.05, 0) is 24.5 Å². The van der Waals surface area contributed by atoms with Crippen LogP contribution in [0.5, 0.6) is 0 Å². The second kappa shape index (κ2) is 8.96. The highest BCUT2D eigenvalue weighted by atomic mass is 32.2.